The summed E-state index contributed by atoms with van der Waals surface area (Å²) < 4.78 is 16.2. The fourth-order valence-electron chi connectivity index (χ4n) is 3.12. The molecule has 0 bridgehead atoms. The number of carbonyl (C=O) groups excluding carboxylic acids is 1. The Morgan fingerprint density at radius 3 is 2.48 bits per heavy atom. The Hall–Kier alpha value is -3.33. The van der Waals surface area contributed by atoms with Crippen molar-refractivity contribution in [3.8, 4) is 23.0 Å². The van der Waals surface area contributed by atoms with Crippen molar-refractivity contribution in [1.82, 2.24) is 10.3 Å². The monoisotopic (exact) mass is 501 g/mol. The second kappa shape index (κ2) is 9.66. The molecule has 0 aliphatic rings. The average Bonchev–Trinajstić information content (AvgIpc) is 3.22. The first kappa shape index (κ1) is 22.8. The summed E-state index contributed by atoms with van der Waals surface area (Å²) in [6.45, 7) is 0. The molecule has 0 radical (unpaired) electrons. The van der Waals surface area contributed by atoms with Gasteiger partial charge in [0, 0.05) is 22.3 Å². The van der Waals surface area contributed by atoms with Gasteiger partial charge in [-0.1, -0.05) is 23.2 Å². The van der Waals surface area contributed by atoms with Crippen LogP contribution in [0.2, 0.25) is 10.0 Å². The first-order valence-electron chi connectivity index (χ1n) is 9.58. The normalized spacial score (nSPS) is 10.7. The molecule has 0 unspecified atom stereocenters. The van der Waals surface area contributed by atoms with E-state index in [2.05, 4.69) is 15.6 Å². The number of ether oxygens (including phenoxy) is 2. The molecule has 0 atom stereocenters. The van der Waals surface area contributed by atoms with Crippen LogP contribution >= 0.6 is 35.4 Å². The van der Waals surface area contributed by atoms with Gasteiger partial charge in [0.1, 0.15) is 17.0 Å². The lowest BCUT2D eigenvalue weighted by atomic mass is 10.2. The van der Waals surface area contributed by atoms with Gasteiger partial charge < -0.3 is 19.2 Å². The number of carbonyl (C=O) groups is 1. The van der Waals surface area contributed by atoms with Crippen molar-refractivity contribution in [1.29, 1.82) is 0 Å². The van der Waals surface area contributed by atoms with Gasteiger partial charge in [-0.3, -0.25) is 10.1 Å². The second-order valence-corrected chi connectivity index (χ2v) is 8.06. The van der Waals surface area contributed by atoms with Gasteiger partial charge in [-0.25, -0.2) is 4.98 Å². The van der Waals surface area contributed by atoms with Gasteiger partial charge in [0.25, 0.3) is 5.91 Å². The summed E-state index contributed by atoms with van der Waals surface area (Å²) in [5, 5.41) is 6.17. The smallest absolute Gasteiger partial charge is 0.261 e. The standard InChI is InChI=1S/C23H17Cl2N3O4S/c1-30-15-7-8-19-18(11-15)27-22(32-19)12-3-5-14(6-4-12)26-23(33)28-21(29)16-9-13(24)10-17(25)20(16)31-2/h3-11H,1-2H3,(H2,26,28,29,33). The summed E-state index contributed by atoms with van der Waals surface area (Å²) in [5.74, 6) is 0.884. The fraction of sp³-hybridized carbons (Fsp3) is 0.0870. The number of fused-ring (bicyclic) bond motifs is 1. The molecule has 0 fully saturated rings. The molecule has 1 heterocycles. The molecule has 0 spiro atoms. The van der Waals surface area contributed by atoms with Gasteiger partial charge >= 0.3 is 0 Å². The topological polar surface area (TPSA) is 85.6 Å². The van der Waals surface area contributed by atoms with Crippen molar-refractivity contribution in [2.75, 3.05) is 19.5 Å². The Balaban J connectivity index is 1.45. The predicted molar refractivity (Wildman–Crippen MR) is 133 cm³/mol. The number of oxazole rings is 1. The van der Waals surface area contributed by atoms with Crippen molar-refractivity contribution < 1.29 is 18.7 Å². The molecule has 0 saturated carbocycles. The highest BCUT2D eigenvalue weighted by molar-refractivity contribution is 7.80. The van der Waals surface area contributed by atoms with E-state index in [1.54, 1.807) is 19.2 Å². The lowest BCUT2D eigenvalue weighted by Gasteiger charge is -2.13. The number of nitrogens with zero attached hydrogens (tertiary/aromatic N) is 1. The molecule has 168 valence electrons. The third kappa shape index (κ3) is 5.03. The molecule has 10 heteroatoms. The minimum absolute atomic E-state index is 0.0971. The van der Waals surface area contributed by atoms with E-state index in [9.17, 15) is 4.79 Å². The summed E-state index contributed by atoms with van der Waals surface area (Å²) in [6, 6.07) is 15.6. The van der Waals surface area contributed by atoms with Gasteiger partial charge in [-0.15, -0.1) is 0 Å². The zero-order chi connectivity index (χ0) is 23.5. The summed E-state index contributed by atoms with van der Waals surface area (Å²) in [6.07, 6.45) is 0. The van der Waals surface area contributed by atoms with E-state index in [4.69, 9.17) is 49.3 Å². The molecular weight excluding hydrogens is 485 g/mol. The van der Waals surface area contributed by atoms with E-state index in [0.29, 0.717) is 33.4 Å². The molecule has 1 aromatic heterocycles. The number of amides is 1. The number of anilines is 1. The molecule has 1 amide bonds. The first-order valence-corrected chi connectivity index (χ1v) is 10.7. The predicted octanol–water partition coefficient (Wildman–Crippen LogP) is 5.95. The highest BCUT2D eigenvalue weighted by atomic mass is 35.5. The zero-order valence-corrected chi connectivity index (χ0v) is 19.8. The zero-order valence-electron chi connectivity index (χ0n) is 17.4. The highest BCUT2D eigenvalue weighted by Gasteiger charge is 2.18. The number of halogens is 2. The molecule has 0 saturated heterocycles. The first-order chi connectivity index (χ1) is 15.9. The van der Waals surface area contributed by atoms with Gasteiger partial charge in [-0.05, 0) is 60.7 Å². The number of benzene rings is 3. The van der Waals surface area contributed by atoms with Crippen LogP contribution < -0.4 is 20.1 Å². The Kier molecular flexibility index (Phi) is 6.69. The average molecular weight is 502 g/mol. The maximum atomic E-state index is 12.6. The third-order valence-electron chi connectivity index (χ3n) is 4.67. The Morgan fingerprint density at radius 1 is 1.03 bits per heavy atom. The number of rotatable bonds is 5. The number of nitrogens with one attached hydrogen (secondary N) is 2. The second-order valence-electron chi connectivity index (χ2n) is 6.81. The molecular formula is C23H17Cl2N3O4S. The minimum atomic E-state index is -0.507. The Morgan fingerprint density at radius 2 is 1.79 bits per heavy atom. The summed E-state index contributed by atoms with van der Waals surface area (Å²) in [7, 11) is 3.01. The number of methoxy groups -OCH3 is 2. The van der Waals surface area contributed by atoms with Crippen LogP contribution in [0.4, 0.5) is 5.69 Å². The van der Waals surface area contributed by atoms with Gasteiger partial charge in [0.15, 0.2) is 10.7 Å². The lowest BCUT2D eigenvalue weighted by Crippen LogP contribution is -2.34. The molecule has 3 aromatic carbocycles. The largest absolute Gasteiger partial charge is 0.497 e. The Labute approximate surface area is 204 Å². The summed E-state index contributed by atoms with van der Waals surface area (Å²) in [5.41, 5.74) is 2.98. The molecule has 4 rings (SSSR count). The maximum absolute atomic E-state index is 12.6. The van der Waals surface area contributed by atoms with Crippen LogP contribution in [0.15, 0.2) is 59.0 Å². The van der Waals surface area contributed by atoms with E-state index in [1.807, 2.05) is 30.3 Å². The number of hydrogen-bond acceptors (Lipinski definition) is 6. The molecule has 7 nitrogen and oxygen atoms in total. The van der Waals surface area contributed by atoms with E-state index >= 15 is 0 Å². The van der Waals surface area contributed by atoms with Crippen LogP contribution in [0.1, 0.15) is 10.4 Å². The van der Waals surface area contributed by atoms with Crippen LogP contribution in [0.25, 0.3) is 22.6 Å². The van der Waals surface area contributed by atoms with Crippen LogP contribution in [-0.4, -0.2) is 30.2 Å². The van der Waals surface area contributed by atoms with Crippen molar-refractivity contribution in [2.45, 2.75) is 0 Å². The maximum Gasteiger partial charge on any atom is 0.261 e. The number of thiocarbonyl (C=S) groups is 1. The molecule has 0 aliphatic heterocycles. The van der Waals surface area contributed by atoms with Crippen LogP contribution in [0.5, 0.6) is 11.5 Å². The van der Waals surface area contributed by atoms with E-state index < -0.39 is 5.91 Å². The SMILES string of the molecule is COc1ccc2oc(-c3ccc(NC(=S)NC(=O)c4cc(Cl)cc(Cl)c4OC)cc3)nc2c1. The van der Waals surface area contributed by atoms with Crippen molar-refractivity contribution in [3.05, 3.63) is 70.2 Å². The van der Waals surface area contributed by atoms with E-state index in [0.717, 1.165) is 5.56 Å². The van der Waals surface area contributed by atoms with E-state index in [1.165, 1.54) is 19.2 Å². The quantitative estimate of drug-likeness (QED) is 0.327. The fourth-order valence-corrected chi connectivity index (χ4v) is 3.90. The van der Waals surface area contributed by atoms with Crippen LogP contribution in [0.3, 0.4) is 0 Å². The molecule has 0 aliphatic carbocycles. The van der Waals surface area contributed by atoms with Gasteiger partial charge in [-0.2, -0.15) is 0 Å². The lowest BCUT2D eigenvalue weighted by molar-refractivity contribution is 0.0974. The number of aromatic nitrogens is 1. The summed E-state index contributed by atoms with van der Waals surface area (Å²) >= 11 is 17.4. The van der Waals surface area contributed by atoms with E-state index in [-0.39, 0.29) is 21.4 Å². The number of hydrogen-bond donors (Lipinski definition) is 2. The van der Waals surface area contributed by atoms with Gasteiger partial charge in [0.2, 0.25) is 5.89 Å². The molecule has 33 heavy (non-hydrogen) atoms. The van der Waals surface area contributed by atoms with Crippen LogP contribution in [0, 0.1) is 0 Å². The van der Waals surface area contributed by atoms with Gasteiger partial charge in [0.05, 0.1) is 24.8 Å². The van der Waals surface area contributed by atoms with Crippen molar-refractivity contribution >= 4 is 63.2 Å². The summed E-state index contributed by atoms with van der Waals surface area (Å²) in [4.78, 5) is 17.1. The van der Waals surface area contributed by atoms with Crippen molar-refractivity contribution in [2.24, 2.45) is 0 Å². The minimum Gasteiger partial charge on any atom is -0.497 e. The Bertz CT molecular complexity index is 1360. The highest BCUT2D eigenvalue weighted by Crippen LogP contribution is 2.32. The van der Waals surface area contributed by atoms with Crippen LogP contribution in [-0.2, 0) is 0 Å². The van der Waals surface area contributed by atoms with Crippen molar-refractivity contribution in [3.63, 3.8) is 0 Å². The molecule has 4 aromatic rings. The third-order valence-corrected chi connectivity index (χ3v) is 5.37. The molecule has 2 N–H and O–H groups in total.